The van der Waals surface area contributed by atoms with Crippen LogP contribution in [-0.4, -0.2) is 59.4 Å². The lowest BCUT2D eigenvalue weighted by Crippen LogP contribution is -2.46. The zero-order chi connectivity index (χ0) is 22.9. The highest BCUT2D eigenvalue weighted by molar-refractivity contribution is 7.94. The van der Waals surface area contributed by atoms with E-state index >= 15 is 0 Å². The minimum Gasteiger partial charge on any atom is -0.358 e. The monoisotopic (exact) mass is 491 g/mol. The van der Waals surface area contributed by atoms with Crippen LogP contribution in [0.15, 0.2) is 73.8 Å². The fourth-order valence-corrected chi connectivity index (χ4v) is 8.06. The first-order chi connectivity index (χ1) is 15.2. The topological polar surface area (TPSA) is 87.7 Å². The first-order valence-corrected chi connectivity index (χ1v) is 14.1. The molecule has 1 fully saturated rings. The summed E-state index contributed by atoms with van der Waals surface area (Å²) in [6.07, 6.45) is 0. The molecule has 3 aromatic rings. The third kappa shape index (κ3) is 4.32. The molecule has 7 nitrogen and oxygen atoms in total. The molecule has 2 aromatic carbocycles. The molecule has 0 radical (unpaired) electrons. The molecule has 4 rings (SSSR count). The maximum absolute atomic E-state index is 13.5. The number of anilines is 1. The first kappa shape index (κ1) is 22.9. The molecule has 0 amide bonds. The average molecular weight is 492 g/mol. The highest BCUT2D eigenvalue weighted by Crippen LogP contribution is 2.39. The molecule has 10 heteroatoms. The van der Waals surface area contributed by atoms with Crippen molar-refractivity contribution in [3.63, 3.8) is 0 Å². The standard InChI is InChI=1S/C22H25N3O4S3/c1-3-24-13-15-25(16-14-24)21-20(31(26,27)19-11-9-17(2)10-12-19)23-22(30-21)32(28,29)18-7-5-4-6-8-18/h4-12H,3,13-16H2,1-2H3. The van der Waals surface area contributed by atoms with E-state index in [9.17, 15) is 16.8 Å². The predicted molar refractivity (Wildman–Crippen MR) is 125 cm³/mol. The van der Waals surface area contributed by atoms with Crippen LogP contribution in [0.25, 0.3) is 0 Å². The van der Waals surface area contributed by atoms with Crippen LogP contribution in [0.3, 0.4) is 0 Å². The van der Waals surface area contributed by atoms with Crippen molar-refractivity contribution in [2.45, 2.75) is 33.0 Å². The Labute approximate surface area is 193 Å². The summed E-state index contributed by atoms with van der Waals surface area (Å²) in [6.45, 7) is 7.65. The molecule has 1 aliphatic rings. The molecular formula is C22H25N3O4S3. The van der Waals surface area contributed by atoms with E-state index in [1.165, 1.54) is 24.3 Å². The summed E-state index contributed by atoms with van der Waals surface area (Å²) < 4.78 is 53.3. The molecule has 0 bridgehead atoms. The molecule has 0 aliphatic carbocycles. The van der Waals surface area contributed by atoms with Crippen molar-refractivity contribution in [1.29, 1.82) is 0 Å². The summed E-state index contributed by atoms with van der Waals surface area (Å²) in [7, 11) is -7.93. The lowest BCUT2D eigenvalue weighted by atomic mass is 10.2. The van der Waals surface area contributed by atoms with Gasteiger partial charge in [-0.15, -0.1) is 0 Å². The Kier molecular flexibility index (Phi) is 6.39. The van der Waals surface area contributed by atoms with Gasteiger partial charge in [0.2, 0.25) is 24.0 Å². The fraction of sp³-hybridized carbons (Fsp3) is 0.318. The number of benzene rings is 2. The van der Waals surface area contributed by atoms with Gasteiger partial charge in [0, 0.05) is 26.2 Å². The second-order valence-electron chi connectivity index (χ2n) is 7.64. The van der Waals surface area contributed by atoms with Gasteiger partial charge >= 0.3 is 0 Å². The molecule has 1 saturated heterocycles. The highest BCUT2D eigenvalue weighted by Gasteiger charge is 2.34. The van der Waals surface area contributed by atoms with Gasteiger partial charge in [-0.2, -0.15) is 0 Å². The number of rotatable bonds is 6. The average Bonchev–Trinajstić information content (AvgIpc) is 3.27. The van der Waals surface area contributed by atoms with Crippen LogP contribution >= 0.6 is 11.3 Å². The predicted octanol–water partition coefficient (Wildman–Crippen LogP) is 3.26. The Hall–Kier alpha value is -2.27. The van der Waals surface area contributed by atoms with Gasteiger partial charge < -0.3 is 9.80 Å². The first-order valence-electron chi connectivity index (χ1n) is 10.3. The number of hydrogen-bond donors (Lipinski definition) is 0. The quantitative estimate of drug-likeness (QED) is 0.523. The number of aryl methyl sites for hydroxylation is 1. The Balaban J connectivity index is 1.83. The van der Waals surface area contributed by atoms with E-state index in [0.717, 1.165) is 36.5 Å². The maximum atomic E-state index is 13.5. The van der Waals surface area contributed by atoms with Crippen LogP contribution in [-0.2, 0) is 19.7 Å². The summed E-state index contributed by atoms with van der Waals surface area (Å²) in [5.41, 5.74) is 0.936. The highest BCUT2D eigenvalue weighted by atomic mass is 32.2. The van der Waals surface area contributed by atoms with Crippen molar-refractivity contribution in [2.24, 2.45) is 0 Å². The number of sulfone groups is 2. The minimum atomic E-state index is -4.00. The Bertz CT molecular complexity index is 1290. The smallest absolute Gasteiger partial charge is 0.233 e. The normalized spacial score (nSPS) is 15.8. The van der Waals surface area contributed by atoms with Crippen LogP contribution in [0.4, 0.5) is 5.00 Å². The number of hydrogen-bond acceptors (Lipinski definition) is 8. The molecule has 0 saturated carbocycles. The van der Waals surface area contributed by atoms with Gasteiger partial charge in [0.05, 0.1) is 9.79 Å². The van der Waals surface area contributed by atoms with Crippen LogP contribution in [0.1, 0.15) is 12.5 Å². The molecule has 32 heavy (non-hydrogen) atoms. The number of likely N-dealkylation sites (N-methyl/N-ethyl adjacent to an activating group) is 1. The van der Waals surface area contributed by atoms with Gasteiger partial charge in [-0.1, -0.05) is 54.2 Å². The molecular weight excluding hydrogens is 466 g/mol. The second kappa shape index (κ2) is 8.93. The molecule has 0 unspecified atom stereocenters. The van der Waals surface area contributed by atoms with Crippen molar-refractivity contribution >= 4 is 36.0 Å². The zero-order valence-electron chi connectivity index (χ0n) is 17.9. The van der Waals surface area contributed by atoms with Crippen LogP contribution < -0.4 is 4.90 Å². The van der Waals surface area contributed by atoms with Gasteiger partial charge in [0.25, 0.3) is 0 Å². The van der Waals surface area contributed by atoms with Crippen LogP contribution in [0, 0.1) is 6.92 Å². The van der Waals surface area contributed by atoms with Gasteiger partial charge in [-0.05, 0) is 37.7 Å². The maximum Gasteiger partial charge on any atom is 0.233 e. The molecule has 0 N–H and O–H groups in total. The SMILES string of the molecule is CCN1CCN(c2sc(S(=O)(=O)c3ccccc3)nc2S(=O)(=O)c2ccc(C)cc2)CC1. The lowest BCUT2D eigenvalue weighted by Gasteiger charge is -2.34. The van der Waals surface area contributed by atoms with E-state index in [1.807, 2.05) is 11.8 Å². The largest absolute Gasteiger partial charge is 0.358 e. The molecule has 0 atom stereocenters. The zero-order valence-corrected chi connectivity index (χ0v) is 20.4. The van der Waals surface area contributed by atoms with E-state index in [4.69, 9.17) is 0 Å². The number of piperazine rings is 1. The van der Waals surface area contributed by atoms with Gasteiger partial charge in [-0.25, -0.2) is 21.8 Å². The van der Waals surface area contributed by atoms with E-state index in [1.54, 1.807) is 30.3 Å². The van der Waals surface area contributed by atoms with Crippen molar-refractivity contribution in [2.75, 3.05) is 37.6 Å². The number of thiazole rings is 1. The van der Waals surface area contributed by atoms with Crippen molar-refractivity contribution in [3.05, 3.63) is 60.2 Å². The number of nitrogens with zero attached hydrogens (tertiary/aromatic N) is 3. The second-order valence-corrected chi connectivity index (χ2v) is 12.6. The van der Waals surface area contributed by atoms with Gasteiger partial charge in [0.1, 0.15) is 5.00 Å². The van der Waals surface area contributed by atoms with Crippen molar-refractivity contribution in [3.8, 4) is 0 Å². The molecule has 1 aromatic heterocycles. The summed E-state index contributed by atoms with van der Waals surface area (Å²) in [4.78, 5) is 8.64. The number of aromatic nitrogens is 1. The van der Waals surface area contributed by atoms with Crippen molar-refractivity contribution < 1.29 is 16.8 Å². The van der Waals surface area contributed by atoms with Gasteiger partial charge in [0.15, 0.2) is 5.03 Å². The summed E-state index contributed by atoms with van der Waals surface area (Å²) in [6, 6.07) is 14.5. The summed E-state index contributed by atoms with van der Waals surface area (Å²) >= 11 is 0.930. The molecule has 2 heterocycles. The summed E-state index contributed by atoms with van der Waals surface area (Å²) in [5.74, 6) is 0. The van der Waals surface area contributed by atoms with Crippen LogP contribution in [0.2, 0.25) is 0 Å². The fourth-order valence-electron chi connectivity index (χ4n) is 3.57. The Morgan fingerprint density at radius 2 is 1.44 bits per heavy atom. The van der Waals surface area contributed by atoms with E-state index in [0.29, 0.717) is 18.1 Å². The minimum absolute atomic E-state index is 0.0930. The van der Waals surface area contributed by atoms with E-state index < -0.39 is 19.7 Å². The van der Waals surface area contributed by atoms with Crippen LogP contribution in [0.5, 0.6) is 0 Å². The molecule has 0 spiro atoms. The summed E-state index contributed by atoms with van der Waals surface area (Å²) in [5, 5.41) is 0.196. The lowest BCUT2D eigenvalue weighted by molar-refractivity contribution is 0.271. The molecule has 1 aliphatic heterocycles. The third-order valence-corrected chi connectivity index (χ3v) is 10.6. The molecule has 170 valence electrons. The van der Waals surface area contributed by atoms with Crippen molar-refractivity contribution in [1.82, 2.24) is 9.88 Å². The Morgan fingerprint density at radius 1 is 0.844 bits per heavy atom. The van der Waals surface area contributed by atoms with Gasteiger partial charge in [-0.3, -0.25) is 0 Å². The Morgan fingerprint density at radius 3 is 2.03 bits per heavy atom. The van der Waals surface area contributed by atoms with E-state index in [2.05, 4.69) is 16.8 Å². The van der Waals surface area contributed by atoms with E-state index in [-0.39, 0.29) is 19.2 Å². The third-order valence-electron chi connectivity index (χ3n) is 5.54.